The van der Waals surface area contributed by atoms with Crippen LogP contribution in [0.3, 0.4) is 0 Å². The van der Waals surface area contributed by atoms with Crippen LogP contribution in [0.1, 0.15) is 48.9 Å². The van der Waals surface area contributed by atoms with Crippen molar-refractivity contribution in [3.63, 3.8) is 0 Å². The van der Waals surface area contributed by atoms with Crippen LogP contribution in [0.5, 0.6) is 0 Å². The van der Waals surface area contributed by atoms with Gasteiger partial charge in [0.2, 0.25) is 0 Å². The normalized spacial score (nSPS) is 13.5. The van der Waals surface area contributed by atoms with Crippen molar-refractivity contribution in [2.24, 2.45) is 0 Å². The van der Waals surface area contributed by atoms with Crippen LogP contribution < -0.4 is 0 Å². The number of ether oxygens (including phenoxy) is 2. The number of carbonyl (C=O) groups excluding carboxylic acids is 2. The van der Waals surface area contributed by atoms with E-state index >= 15 is 0 Å². The molecule has 0 heterocycles. The zero-order chi connectivity index (χ0) is 25.2. The number of hydrogen-bond donors (Lipinski definition) is 0. The molecular formula is C30H33NO4. The first-order chi connectivity index (χ1) is 16.6. The van der Waals surface area contributed by atoms with Gasteiger partial charge in [0.25, 0.3) is 0 Å². The van der Waals surface area contributed by atoms with Crippen molar-refractivity contribution in [1.29, 1.82) is 0 Å². The summed E-state index contributed by atoms with van der Waals surface area (Å²) in [5.41, 5.74) is 6.02. The van der Waals surface area contributed by atoms with E-state index in [1.165, 1.54) is 16.0 Å². The van der Waals surface area contributed by atoms with E-state index in [0.29, 0.717) is 6.42 Å². The summed E-state index contributed by atoms with van der Waals surface area (Å²) in [5, 5.41) is 0. The SMILES string of the molecule is Cc1cccc(CC(C(=O)OC(C)(C)C)N(C)C(=O)OCC2c3ccccc3-c3ccccc32)c1. The van der Waals surface area contributed by atoms with Crippen molar-refractivity contribution >= 4 is 12.1 Å². The molecule has 35 heavy (non-hydrogen) atoms. The first-order valence-corrected chi connectivity index (χ1v) is 12.0. The fourth-order valence-electron chi connectivity index (χ4n) is 4.63. The van der Waals surface area contributed by atoms with Gasteiger partial charge in [0.05, 0.1) is 0 Å². The first kappa shape index (κ1) is 24.5. The lowest BCUT2D eigenvalue weighted by Gasteiger charge is -2.30. The molecule has 1 amide bonds. The second-order valence-corrected chi connectivity index (χ2v) is 10.2. The largest absolute Gasteiger partial charge is 0.458 e. The maximum atomic E-state index is 13.2. The molecule has 3 aromatic rings. The number of carbonyl (C=O) groups is 2. The number of benzene rings is 3. The second-order valence-electron chi connectivity index (χ2n) is 10.2. The number of hydrogen-bond acceptors (Lipinski definition) is 4. The van der Waals surface area contributed by atoms with Gasteiger partial charge in [0.1, 0.15) is 18.2 Å². The van der Waals surface area contributed by atoms with Gasteiger partial charge in [-0.3, -0.25) is 4.90 Å². The molecule has 0 N–H and O–H groups in total. The molecule has 5 nitrogen and oxygen atoms in total. The lowest BCUT2D eigenvalue weighted by Crippen LogP contribution is -2.47. The number of rotatable bonds is 6. The van der Waals surface area contributed by atoms with Crippen LogP contribution in [-0.4, -0.2) is 42.3 Å². The van der Waals surface area contributed by atoms with Gasteiger partial charge in [-0.25, -0.2) is 9.59 Å². The van der Waals surface area contributed by atoms with Gasteiger partial charge in [-0.2, -0.15) is 0 Å². The summed E-state index contributed by atoms with van der Waals surface area (Å²) in [6.07, 6.45) is -0.201. The summed E-state index contributed by atoms with van der Waals surface area (Å²) in [6, 6.07) is 23.5. The monoisotopic (exact) mass is 471 g/mol. The van der Waals surface area contributed by atoms with E-state index in [1.54, 1.807) is 7.05 Å². The average molecular weight is 472 g/mol. The summed E-state index contributed by atoms with van der Waals surface area (Å²) in [7, 11) is 1.60. The maximum absolute atomic E-state index is 13.2. The Morgan fingerprint density at radius 1 is 0.914 bits per heavy atom. The molecule has 0 fully saturated rings. The van der Waals surface area contributed by atoms with Gasteiger partial charge in [0.15, 0.2) is 0 Å². The van der Waals surface area contributed by atoms with E-state index in [9.17, 15) is 9.59 Å². The highest BCUT2D eigenvalue weighted by molar-refractivity contribution is 5.82. The van der Waals surface area contributed by atoms with Gasteiger partial charge in [0, 0.05) is 19.4 Å². The Morgan fingerprint density at radius 2 is 1.51 bits per heavy atom. The van der Waals surface area contributed by atoms with Gasteiger partial charge < -0.3 is 9.47 Å². The van der Waals surface area contributed by atoms with Gasteiger partial charge >= 0.3 is 12.1 Å². The number of amides is 1. The molecule has 5 heteroatoms. The maximum Gasteiger partial charge on any atom is 0.410 e. The minimum absolute atomic E-state index is 0.0449. The summed E-state index contributed by atoms with van der Waals surface area (Å²) in [4.78, 5) is 27.7. The number of esters is 1. The molecule has 4 rings (SSSR count). The molecule has 0 saturated heterocycles. The van der Waals surface area contributed by atoms with Crippen LogP contribution in [0, 0.1) is 6.92 Å². The fraction of sp³-hybridized carbons (Fsp3) is 0.333. The van der Waals surface area contributed by atoms with Crippen LogP contribution in [0.25, 0.3) is 11.1 Å². The standard InChI is InChI=1S/C30H33NO4/c1-20-11-10-12-21(17-20)18-27(28(32)35-30(2,3)4)31(5)29(33)34-19-26-24-15-8-6-13-22(24)23-14-7-9-16-25(23)26/h6-17,26-27H,18-19H2,1-5H3. The van der Waals surface area contributed by atoms with Crippen molar-refractivity contribution < 1.29 is 19.1 Å². The Bertz CT molecular complexity index is 1180. The molecule has 0 aliphatic heterocycles. The summed E-state index contributed by atoms with van der Waals surface area (Å²) < 4.78 is 11.5. The van der Waals surface area contributed by atoms with E-state index in [-0.39, 0.29) is 12.5 Å². The Morgan fingerprint density at radius 3 is 2.09 bits per heavy atom. The quantitative estimate of drug-likeness (QED) is 0.406. The number of aryl methyl sites for hydroxylation is 1. The van der Waals surface area contributed by atoms with Gasteiger partial charge in [-0.1, -0.05) is 78.4 Å². The van der Waals surface area contributed by atoms with E-state index < -0.39 is 23.7 Å². The third kappa shape index (κ3) is 5.56. The van der Waals surface area contributed by atoms with Crippen LogP contribution in [0.4, 0.5) is 4.79 Å². The molecule has 0 bridgehead atoms. The predicted octanol–water partition coefficient (Wildman–Crippen LogP) is 6.13. The highest BCUT2D eigenvalue weighted by Crippen LogP contribution is 2.44. The lowest BCUT2D eigenvalue weighted by atomic mass is 9.98. The number of fused-ring (bicyclic) bond motifs is 3. The highest BCUT2D eigenvalue weighted by Gasteiger charge is 2.34. The van der Waals surface area contributed by atoms with E-state index in [2.05, 4.69) is 24.3 Å². The van der Waals surface area contributed by atoms with Crippen molar-refractivity contribution in [3.05, 3.63) is 95.1 Å². The predicted molar refractivity (Wildman–Crippen MR) is 137 cm³/mol. The summed E-state index contributed by atoms with van der Waals surface area (Å²) in [6.45, 7) is 7.66. The highest BCUT2D eigenvalue weighted by atomic mass is 16.6. The van der Waals surface area contributed by atoms with Crippen molar-refractivity contribution in [2.45, 2.75) is 51.7 Å². The van der Waals surface area contributed by atoms with Gasteiger partial charge in [-0.15, -0.1) is 0 Å². The first-order valence-electron chi connectivity index (χ1n) is 12.0. The van der Waals surface area contributed by atoms with Gasteiger partial charge in [-0.05, 0) is 55.5 Å². The topological polar surface area (TPSA) is 55.8 Å². The van der Waals surface area contributed by atoms with E-state index in [0.717, 1.165) is 22.3 Å². The average Bonchev–Trinajstić information content (AvgIpc) is 3.13. The van der Waals surface area contributed by atoms with Crippen molar-refractivity contribution in [1.82, 2.24) is 4.90 Å². The zero-order valence-corrected chi connectivity index (χ0v) is 21.1. The Hall–Kier alpha value is -3.60. The van der Waals surface area contributed by atoms with Crippen molar-refractivity contribution in [2.75, 3.05) is 13.7 Å². The van der Waals surface area contributed by atoms with Crippen molar-refractivity contribution in [3.8, 4) is 11.1 Å². The molecule has 0 radical (unpaired) electrons. The molecular weight excluding hydrogens is 438 g/mol. The van der Waals surface area contributed by atoms with Crippen LogP contribution in [0.15, 0.2) is 72.8 Å². The van der Waals surface area contributed by atoms with Crippen LogP contribution in [-0.2, 0) is 20.7 Å². The van der Waals surface area contributed by atoms with Crippen LogP contribution in [0.2, 0.25) is 0 Å². The molecule has 1 unspecified atom stereocenters. The third-order valence-corrected chi connectivity index (χ3v) is 6.28. The molecule has 182 valence electrons. The van der Waals surface area contributed by atoms with E-state index in [4.69, 9.17) is 9.47 Å². The third-order valence-electron chi connectivity index (χ3n) is 6.28. The lowest BCUT2D eigenvalue weighted by molar-refractivity contribution is -0.160. The smallest absolute Gasteiger partial charge is 0.410 e. The fourth-order valence-corrected chi connectivity index (χ4v) is 4.63. The molecule has 0 saturated carbocycles. The Labute approximate surface area is 207 Å². The van der Waals surface area contributed by atoms with E-state index in [1.807, 2.05) is 76.2 Å². The second kappa shape index (κ2) is 9.95. The number of likely N-dealkylation sites (N-methyl/N-ethyl adjacent to an activating group) is 1. The summed E-state index contributed by atoms with van der Waals surface area (Å²) in [5.74, 6) is -0.494. The molecule has 3 aromatic carbocycles. The zero-order valence-electron chi connectivity index (χ0n) is 21.1. The summed E-state index contributed by atoms with van der Waals surface area (Å²) >= 11 is 0. The minimum atomic E-state index is -0.799. The molecule has 0 spiro atoms. The number of nitrogens with zero attached hydrogens (tertiary/aromatic N) is 1. The molecule has 1 atom stereocenters. The van der Waals surface area contributed by atoms with Crippen LogP contribution >= 0.6 is 0 Å². The molecule has 1 aliphatic carbocycles. The Balaban J connectivity index is 1.52. The minimum Gasteiger partial charge on any atom is -0.458 e. The Kier molecular flexibility index (Phi) is 6.97. The molecule has 1 aliphatic rings. The molecule has 0 aromatic heterocycles.